The molecule has 5 nitrogen and oxygen atoms in total. The summed E-state index contributed by atoms with van der Waals surface area (Å²) < 4.78 is 67.5. The smallest absolute Gasteiger partial charge is 0.332 e. The van der Waals surface area contributed by atoms with Crippen LogP contribution in [0.5, 0.6) is 0 Å². The van der Waals surface area contributed by atoms with E-state index in [1.165, 1.54) is 0 Å². The number of aryl methyl sites for hydroxylation is 1. The molecule has 1 aromatic heterocycles. The van der Waals surface area contributed by atoms with Crippen molar-refractivity contribution in [2.45, 2.75) is 44.9 Å². The van der Waals surface area contributed by atoms with Crippen molar-refractivity contribution in [1.29, 1.82) is 0 Å². The van der Waals surface area contributed by atoms with E-state index in [0.717, 1.165) is 37.8 Å². The molecule has 1 heterocycles. The first-order valence-corrected chi connectivity index (χ1v) is 13.7. The van der Waals surface area contributed by atoms with E-state index in [-0.39, 0.29) is 19.0 Å². The Kier molecular flexibility index (Phi) is 8.97. The maximum Gasteiger partial charge on any atom is 0.416 e. The van der Waals surface area contributed by atoms with Crippen molar-refractivity contribution in [1.82, 2.24) is 9.21 Å². The van der Waals surface area contributed by atoms with Gasteiger partial charge >= 0.3 is 6.18 Å². The average Bonchev–Trinajstić information content (AvgIpc) is 3.22. The monoisotopic (exact) mass is 538 g/mol. The second-order valence-corrected chi connectivity index (χ2v) is 12.3. The number of hydrogen-bond acceptors (Lipinski definition) is 4. The third-order valence-corrected chi connectivity index (χ3v) is 8.18. The molecule has 2 aromatic carbocycles. The van der Waals surface area contributed by atoms with Crippen molar-refractivity contribution in [2.75, 3.05) is 13.1 Å². The SMILES string of the molecule is Cc1ccc(CN(Cc2ccccc2)C(=O)CN(CC(C)C)S(=O)(=O)c2cccc(C(F)(F)F)c2)s1. The second-order valence-electron chi connectivity index (χ2n) is 8.96. The molecule has 10 heteroatoms. The van der Waals surface area contributed by atoms with E-state index >= 15 is 0 Å². The average molecular weight is 539 g/mol. The lowest BCUT2D eigenvalue weighted by Crippen LogP contribution is -2.43. The van der Waals surface area contributed by atoms with Crippen LogP contribution in [-0.2, 0) is 34.1 Å². The van der Waals surface area contributed by atoms with Crippen LogP contribution in [-0.4, -0.2) is 36.6 Å². The Bertz CT molecular complexity index is 1270. The highest BCUT2D eigenvalue weighted by Gasteiger charge is 2.34. The summed E-state index contributed by atoms with van der Waals surface area (Å²) in [4.78, 5) is 16.6. The van der Waals surface area contributed by atoms with Gasteiger partial charge in [-0.3, -0.25) is 4.79 Å². The number of amides is 1. The van der Waals surface area contributed by atoms with Crippen molar-refractivity contribution in [3.8, 4) is 0 Å². The van der Waals surface area contributed by atoms with Gasteiger partial charge in [0.15, 0.2) is 0 Å². The summed E-state index contributed by atoms with van der Waals surface area (Å²) in [5.41, 5.74) is -0.173. The Hall–Kier alpha value is -2.69. The molecule has 0 aliphatic heterocycles. The predicted octanol–water partition coefficient (Wildman–Crippen LogP) is 5.95. The minimum atomic E-state index is -4.68. The molecule has 194 valence electrons. The number of rotatable bonds is 10. The van der Waals surface area contributed by atoms with Crippen LogP contribution in [0.4, 0.5) is 13.2 Å². The maximum absolute atomic E-state index is 13.5. The number of hydrogen-bond donors (Lipinski definition) is 0. The lowest BCUT2D eigenvalue weighted by molar-refractivity contribution is -0.137. The molecule has 3 rings (SSSR count). The molecule has 0 aliphatic carbocycles. The number of carbonyl (C=O) groups excluding carboxylic acids is 1. The number of benzene rings is 2. The number of nitrogens with zero attached hydrogens (tertiary/aromatic N) is 2. The highest BCUT2D eigenvalue weighted by Crippen LogP contribution is 2.31. The summed E-state index contributed by atoms with van der Waals surface area (Å²) in [5, 5.41) is 0. The highest BCUT2D eigenvalue weighted by atomic mass is 32.2. The summed E-state index contributed by atoms with van der Waals surface area (Å²) >= 11 is 1.55. The van der Waals surface area contributed by atoms with Crippen molar-refractivity contribution in [3.05, 3.63) is 87.6 Å². The first-order chi connectivity index (χ1) is 16.9. The van der Waals surface area contributed by atoms with Crippen LogP contribution in [0.15, 0.2) is 71.6 Å². The topological polar surface area (TPSA) is 57.7 Å². The van der Waals surface area contributed by atoms with Crippen LogP contribution in [0.2, 0.25) is 0 Å². The second kappa shape index (κ2) is 11.6. The normalized spacial score (nSPS) is 12.3. The van der Waals surface area contributed by atoms with E-state index in [4.69, 9.17) is 0 Å². The van der Waals surface area contributed by atoms with Crippen molar-refractivity contribution in [3.63, 3.8) is 0 Å². The molecule has 0 radical (unpaired) electrons. The third kappa shape index (κ3) is 7.41. The van der Waals surface area contributed by atoms with Gasteiger partial charge in [0.2, 0.25) is 15.9 Å². The Morgan fingerprint density at radius 2 is 1.67 bits per heavy atom. The third-order valence-electron chi connectivity index (χ3n) is 5.39. The summed E-state index contributed by atoms with van der Waals surface area (Å²) in [6.07, 6.45) is -4.68. The lowest BCUT2D eigenvalue weighted by atomic mass is 10.2. The van der Waals surface area contributed by atoms with Crippen LogP contribution in [0.25, 0.3) is 0 Å². The fourth-order valence-electron chi connectivity index (χ4n) is 3.68. The molecular weight excluding hydrogens is 509 g/mol. The molecule has 36 heavy (non-hydrogen) atoms. The van der Waals surface area contributed by atoms with E-state index in [9.17, 15) is 26.4 Å². The molecule has 0 N–H and O–H groups in total. The lowest BCUT2D eigenvalue weighted by Gasteiger charge is -2.28. The highest BCUT2D eigenvalue weighted by molar-refractivity contribution is 7.89. The van der Waals surface area contributed by atoms with Crippen molar-refractivity contribution >= 4 is 27.3 Å². The Morgan fingerprint density at radius 1 is 0.972 bits per heavy atom. The van der Waals surface area contributed by atoms with Gasteiger partial charge in [-0.15, -0.1) is 11.3 Å². The van der Waals surface area contributed by atoms with Gasteiger partial charge in [-0.2, -0.15) is 17.5 Å². The molecule has 3 aromatic rings. The zero-order chi connectivity index (χ0) is 26.5. The minimum Gasteiger partial charge on any atom is -0.332 e. The molecule has 0 spiro atoms. The van der Waals surface area contributed by atoms with E-state index in [1.54, 1.807) is 30.1 Å². The van der Waals surface area contributed by atoms with Crippen molar-refractivity contribution in [2.24, 2.45) is 5.92 Å². The molecule has 0 atom stereocenters. The molecule has 0 fully saturated rings. The summed E-state index contributed by atoms with van der Waals surface area (Å²) in [6, 6.07) is 16.8. The summed E-state index contributed by atoms with van der Waals surface area (Å²) in [7, 11) is -4.36. The van der Waals surface area contributed by atoms with Crippen LogP contribution in [0.1, 0.15) is 34.7 Å². The Labute approximate surface area is 214 Å². The number of sulfonamides is 1. The van der Waals surface area contributed by atoms with Crippen LogP contribution >= 0.6 is 11.3 Å². The number of halogens is 3. The van der Waals surface area contributed by atoms with Gasteiger partial charge in [-0.1, -0.05) is 50.2 Å². The fraction of sp³-hybridized carbons (Fsp3) is 0.346. The molecule has 0 saturated heterocycles. The fourth-order valence-corrected chi connectivity index (χ4v) is 6.19. The van der Waals surface area contributed by atoms with Crippen molar-refractivity contribution < 1.29 is 26.4 Å². The molecule has 0 saturated carbocycles. The first-order valence-electron chi connectivity index (χ1n) is 11.4. The van der Waals surface area contributed by atoms with E-state index in [0.29, 0.717) is 12.6 Å². The van der Waals surface area contributed by atoms with E-state index in [2.05, 4.69) is 0 Å². The molecule has 1 amide bonds. The number of carbonyl (C=O) groups is 1. The first kappa shape index (κ1) is 27.9. The van der Waals surface area contributed by atoms with Gasteiger partial charge in [0, 0.05) is 22.8 Å². The van der Waals surface area contributed by atoms with Gasteiger partial charge in [0.05, 0.1) is 23.5 Å². The van der Waals surface area contributed by atoms with Gasteiger partial charge in [0.1, 0.15) is 0 Å². The zero-order valence-corrected chi connectivity index (χ0v) is 22.0. The number of thiophene rings is 1. The standard InChI is InChI=1S/C26H29F3N2O3S2/c1-19(2)15-31(36(33,34)24-11-7-10-22(14-24)26(27,28)29)18-25(32)30(16-21-8-5-4-6-9-21)17-23-13-12-20(3)35-23/h4-14,19H,15-18H2,1-3H3. The molecular formula is C26H29F3N2O3S2. The molecule has 0 aliphatic rings. The maximum atomic E-state index is 13.5. The van der Waals surface area contributed by atoms with E-state index < -0.39 is 39.1 Å². The van der Waals surface area contributed by atoms with Gasteiger partial charge in [-0.25, -0.2) is 8.42 Å². The Balaban J connectivity index is 1.91. The predicted molar refractivity (Wildman–Crippen MR) is 135 cm³/mol. The van der Waals surface area contributed by atoms with E-state index in [1.807, 2.05) is 49.4 Å². The quantitative estimate of drug-likeness (QED) is 0.321. The van der Waals surface area contributed by atoms with Crippen LogP contribution in [0.3, 0.4) is 0 Å². The summed E-state index contributed by atoms with van der Waals surface area (Å²) in [6.45, 7) is 5.62. The van der Waals surface area contributed by atoms with Gasteiger partial charge in [0.25, 0.3) is 0 Å². The summed E-state index contributed by atoms with van der Waals surface area (Å²) in [5.74, 6) is -0.581. The molecule has 0 unspecified atom stereocenters. The number of alkyl halides is 3. The largest absolute Gasteiger partial charge is 0.416 e. The van der Waals surface area contributed by atoms with Gasteiger partial charge < -0.3 is 4.90 Å². The minimum absolute atomic E-state index is 0.0123. The van der Waals surface area contributed by atoms with Gasteiger partial charge in [-0.05, 0) is 48.7 Å². The van der Waals surface area contributed by atoms with Crippen LogP contribution < -0.4 is 0 Å². The van der Waals surface area contributed by atoms with Crippen LogP contribution in [0, 0.1) is 12.8 Å². The Morgan fingerprint density at radius 3 is 2.25 bits per heavy atom. The zero-order valence-electron chi connectivity index (χ0n) is 20.3. The molecule has 0 bridgehead atoms.